The molecule has 0 aliphatic carbocycles. The Morgan fingerprint density at radius 2 is 2.47 bits per heavy atom. The molecule has 0 saturated heterocycles. The zero-order chi connectivity index (χ0) is 12.3. The largest absolute Gasteiger partial charge is 0.323 e. The van der Waals surface area contributed by atoms with Gasteiger partial charge in [0.2, 0.25) is 0 Å². The van der Waals surface area contributed by atoms with Gasteiger partial charge in [-0.2, -0.15) is 5.10 Å². The number of nitrogens with zero attached hydrogens (tertiary/aromatic N) is 4. The SMILES string of the molecule is CN(Cc1cscn1)C(=O)Nc1ccnn1C. The summed E-state index contributed by atoms with van der Waals surface area (Å²) >= 11 is 1.52. The molecule has 2 rings (SSSR count). The average Bonchev–Trinajstić information content (AvgIpc) is 2.91. The molecular formula is C10H13N5OS. The van der Waals surface area contributed by atoms with Crippen molar-refractivity contribution < 1.29 is 4.79 Å². The Morgan fingerprint density at radius 3 is 3.06 bits per heavy atom. The van der Waals surface area contributed by atoms with Gasteiger partial charge in [0.05, 0.1) is 23.9 Å². The van der Waals surface area contributed by atoms with Gasteiger partial charge >= 0.3 is 6.03 Å². The summed E-state index contributed by atoms with van der Waals surface area (Å²) in [4.78, 5) is 17.5. The summed E-state index contributed by atoms with van der Waals surface area (Å²) in [6, 6.07) is 1.57. The van der Waals surface area contributed by atoms with E-state index in [0.717, 1.165) is 5.69 Å². The topological polar surface area (TPSA) is 63.1 Å². The molecule has 2 aromatic heterocycles. The van der Waals surface area contributed by atoms with Gasteiger partial charge in [-0.25, -0.2) is 9.78 Å². The molecule has 0 bridgehead atoms. The van der Waals surface area contributed by atoms with E-state index in [1.165, 1.54) is 11.3 Å². The first-order valence-corrected chi connectivity index (χ1v) is 5.98. The van der Waals surface area contributed by atoms with E-state index in [9.17, 15) is 4.79 Å². The summed E-state index contributed by atoms with van der Waals surface area (Å²) in [5, 5.41) is 8.67. The van der Waals surface area contributed by atoms with E-state index >= 15 is 0 Å². The number of nitrogens with one attached hydrogen (secondary N) is 1. The monoisotopic (exact) mass is 251 g/mol. The lowest BCUT2D eigenvalue weighted by Crippen LogP contribution is -2.31. The van der Waals surface area contributed by atoms with Crippen molar-refractivity contribution >= 4 is 23.2 Å². The highest BCUT2D eigenvalue weighted by Gasteiger charge is 2.11. The summed E-state index contributed by atoms with van der Waals surface area (Å²) in [5.74, 6) is 0.667. The Kier molecular flexibility index (Phi) is 3.38. The predicted octanol–water partition coefficient (Wildman–Crippen LogP) is 1.54. The van der Waals surface area contributed by atoms with Gasteiger partial charge in [0.1, 0.15) is 5.82 Å². The van der Waals surface area contributed by atoms with E-state index in [0.29, 0.717) is 12.4 Å². The summed E-state index contributed by atoms with van der Waals surface area (Å²) in [5.41, 5.74) is 2.64. The van der Waals surface area contributed by atoms with Gasteiger partial charge in [0, 0.05) is 25.5 Å². The molecule has 2 heterocycles. The van der Waals surface area contributed by atoms with E-state index in [4.69, 9.17) is 0 Å². The Hall–Kier alpha value is -1.89. The summed E-state index contributed by atoms with van der Waals surface area (Å²) in [6.07, 6.45) is 1.63. The zero-order valence-electron chi connectivity index (χ0n) is 9.62. The van der Waals surface area contributed by atoms with Crippen LogP contribution in [-0.2, 0) is 13.6 Å². The van der Waals surface area contributed by atoms with Crippen LogP contribution < -0.4 is 5.32 Å². The Bertz CT molecular complexity index is 493. The minimum Gasteiger partial charge on any atom is -0.322 e. The first-order valence-electron chi connectivity index (χ1n) is 5.04. The number of carbonyl (C=O) groups excluding carboxylic acids is 1. The molecule has 0 aliphatic heterocycles. The molecule has 0 aliphatic rings. The molecule has 0 aromatic carbocycles. The lowest BCUT2D eigenvalue weighted by atomic mass is 10.4. The Balaban J connectivity index is 1.94. The van der Waals surface area contributed by atoms with Crippen molar-refractivity contribution in [2.24, 2.45) is 7.05 Å². The van der Waals surface area contributed by atoms with Crippen LogP contribution >= 0.6 is 11.3 Å². The van der Waals surface area contributed by atoms with Crippen LogP contribution in [0.3, 0.4) is 0 Å². The molecule has 0 unspecified atom stereocenters. The van der Waals surface area contributed by atoms with Crippen LogP contribution in [0, 0.1) is 0 Å². The third-order valence-electron chi connectivity index (χ3n) is 2.29. The van der Waals surface area contributed by atoms with Gasteiger partial charge < -0.3 is 4.90 Å². The third-order valence-corrected chi connectivity index (χ3v) is 2.92. The summed E-state index contributed by atoms with van der Waals surface area (Å²) in [6.45, 7) is 0.493. The van der Waals surface area contributed by atoms with Crippen molar-refractivity contribution in [2.45, 2.75) is 6.54 Å². The fourth-order valence-electron chi connectivity index (χ4n) is 1.33. The molecule has 2 aromatic rings. The smallest absolute Gasteiger partial charge is 0.322 e. The number of rotatable bonds is 3. The van der Waals surface area contributed by atoms with Crippen molar-refractivity contribution in [3.8, 4) is 0 Å². The minimum atomic E-state index is -0.179. The van der Waals surface area contributed by atoms with Crippen molar-refractivity contribution in [3.05, 3.63) is 28.8 Å². The number of anilines is 1. The van der Waals surface area contributed by atoms with Gasteiger partial charge in [0.15, 0.2) is 0 Å². The number of aryl methyl sites for hydroxylation is 1. The maximum atomic E-state index is 11.8. The first-order chi connectivity index (χ1) is 8.16. The summed E-state index contributed by atoms with van der Waals surface area (Å²) < 4.78 is 1.61. The molecule has 6 nitrogen and oxygen atoms in total. The van der Waals surface area contributed by atoms with Gasteiger partial charge in [0.25, 0.3) is 0 Å². The van der Waals surface area contributed by atoms with Crippen LogP contribution in [0.25, 0.3) is 0 Å². The van der Waals surface area contributed by atoms with Crippen molar-refractivity contribution in [3.63, 3.8) is 0 Å². The van der Waals surface area contributed by atoms with E-state index in [1.807, 2.05) is 5.38 Å². The molecule has 1 N–H and O–H groups in total. The number of urea groups is 1. The van der Waals surface area contributed by atoms with Gasteiger partial charge in [-0.1, -0.05) is 0 Å². The van der Waals surface area contributed by atoms with Crippen molar-refractivity contribution in [2.75, 3.05) is 12.4 Å². The van der Waals surface area contributed by atoms with E-state index in [1.54, 1.807) is 41.5 Å². The molecular weight excluding hydrogens is 238 g/mol. The number of carbonyl (C=O) groups is 1. The van der Waals surface area contributed by atoms with Gasteiger partial charge in [-0.3, -0.25) is 10.00 Å². The molecule has 90 valence electrons. The number of hydrogen-bond donors (Lipinski definition) is 1. The lowest BCUT2D eigenvalue weighted by molar-refractivity contribution is 0.220. The number of thiazole rings is 1. The second-order valence-corrected chi connectivity index (χ2v) is 4.32. The second-order valence-electron chi connectivity index (χ2n) is 3.61. The van der Waals surface area contributed by atoms with Crippen LogP contribution in [0.4, 0.5) is 10.6 Å². The quantitative estimate of drug-likeness (QED) is 0.900. The number of aromatic nitrogens is 3. The maximum absolute atomic E-state index is 11.8. The molecule has 2 amide bonds. The normalized spacial score (nSPS) is 10.2. The van der Waals surface area contributed by atoms with Gasteiger partial charge in [-0.15, -0.1) is 11.3 Å². The number of amides is 2. The second kappa shape index (κ2) is 4.96. The van der Waals surface area contributed by atoms with E-state index in [2.05, 4.69) is 15.4 Å². The molecule has 0 atom stereocenters. The number of hydrogen-bond acceptors (Lipinski definition) is 4. The van der Waals surface area contributed by atoms with Crippen LogP contribution in [0.1, 0.15) is 5.69 Å². The highest BCUT2D eigenvalue weighted by atomic mass is 32.1. The lowest BCUT2D eigenvalue weighted by Gasteiger charge is -2.16. The zero-order valence-corrected chi connectivity index (χ0v) is 10.4. The molecule has 0 fully saturated rings. The standard InChI is InChI=1S/C10H13N5OS/c1-14(5-8-6-17-7-11-8)10(16)13-9-3-4-12-15(9)2/h3-4,6-7H,5H2,1-2H3,(H,13,16). The van der Waals surface area contributed by atoms with Crippen molar-refractivity contribution in [1.82, 2.24) is 19.7 Å². The van der Waals surface area contributed by atoms with Crippen molar-refractivity contribution in [1.29, 1.82) is 0 Å². The fourth-order valence-corrected chi connectivity index (χ4v) is 1.88. The molecule has 7 heteroatoms. The molecule has 0 spiro atoms. The molecule has 0 saturated carbocycles. The fraction of sp³-hybridized carbons (Fsp3) is 0.300. The summed E-state index contributed by atoms with van der Waals surface area (Å²) in [7, 11) is 3.50. The average molecular weight is 251 g/mol. The highest BCUT2D eigenvalue weighted by molar-refractivity contribution is 7.07. The Labute approximate surface area is 103 Å². The third kappa shape index (κ3) is 2.82. The van der Waals surface area contributed by atoms with Crippen LogP contribution in [0.2, 0.25) is 0 Å². The van der Waals surface area contributed by atoms with E-state index in [-0.39, 0.29) is 6.03 Å². The predicted molar refractivity (Wildman–Crippen MR) is 65.8 cm³/mol. The maximum Gasteiger partial charge on any atom is 0.323 e. The van der Waals surface area contributed by atoms with Crippen LogP contribution in [0.5, 0.6) is 0 Å². The van der Waals surface area contributed by atoms with Gasteiger partial charge in [-0.05, 0) is 0 Å². The molecule has 17 heavy (non-hydrogen) atoms. The Morgan fingerprint density at radius 1 is 1.65 bits per heavy atom. The van der Waals surface area contributed by atoms with E-state index < -0.39 is 0 Å². The van der Waals surface area contributed by atoms with Crippen LogP contribution in [0.15, 0.2) is 23.2 Å². The minimum absolute atomic E-state index is 0.179. The highest BCUT2D eigenvalue weighted by Crippen LogP contribution is 2.07. The first kappa shape index (κ1) is 11.6. The van der Waals surface area contributed by atoms with Crippen LogP contribution in [-0.4, -0.2) is 32.7 Å². The molecule has 0 radical (unpaired) electrons.